The number of hydrogen-bond acceptors (Lipinski definition) is 1. The molecular formula is C13H20IN. The molecule has 0 aromatic heterocycles. The first kappa shape index (κ1) is 12.8. The molecule has 1 unspecified atom stereocenters. The summed E-state index contributed by atoms with van der Waals surface area (Å²) in [5.74, 6) is 0.747. The van der Waals surface area contributed by atoms with Crippen LogP contribution in [-0.4, -0.2) is 6.04 Å². The number of anilines is 1. The largest absolute Gasteiger partial charge is 0.382 e. The normalized spacial score (nSPS) is 12.9. The van der Waals surface area contributed by atoms with Crippen molar-refractivity contribution in [1.82, 2.24) is 0 Å². The highest BCUT2D eigenvalue weighted by Crippen LogP contribution is 2.19. The number of nitrogens with one attached hydrogen (secondary N) is 1. The Morgan fingerprint density at radius 2 is 1.93 bits per heavy atom. The molecule has 1 aromatic rings. The fourth-order valence-electron chi connectivity index (χ4n) is 1.82. The van der Waals surface area contributed by atoms with E-state index in [1.54, 1.807) is 0 Å². The topological polar surface area (TPSA) is 12.0 Å². The molecule has 1 rings (SSSR count). The summed E-state index contributed by atoms with van der Waals surface area (Å²) in [6.45, 7) is 8.93. The highest BCUT2D eigenvalue weighted by molar-refractivity contribution is 14.1. The van der Waals surface area contributed by atoms with Gasteiger partial charge >= 0.3 is 0 Å². The molecule has 0 radical (unpaired) electrons. The molecule has 0 aliphatic carbocycles. The molecule has 0 aliphatic rings. The molecule has 0 bridgehead atoms. The SMILES string of the molecule is Cc1cc(I)ccc1NC(C)CC(C)C. The van der Waals surface area contributed by atoms with E-state index in [-0.39, 0.29) is 0 Å². The van der Waals surface area contributed by atoms with Crippen LogP contribution in [0.4, 0.5) is 5.69 Å². The van der Waals surface area contributed by atoms with Crippen molar-refractivity contribution in [1.29, 1.82) is 0 Å². The molecule has 1 N–H and O–H groups in total. The van der Waals surface area contributed by atoms with E-state index in [9.17, 15) is 0 Å². The van der Waals surface area contributed by atoms with Gasteiger partial charge in [0.15, 0.2) is 0 Å². The predicted octanol–water partition coefficient (Wildman–Crippen LogP) is 4.45. The lowest BCUT2D eigenvalue weighted by Gasteiger charge is -2.18. The maximum absolute atomic E-state index is 3.57. The lowest BCUT2D eigenvalue weighted by Crippen LogP contribution is -2.18. The molecule has 84 valence electrons. The Morgan fingerprint density at radius 1 is 1.27 bits per heavy atom. The molecule has 0 fully saturated rings. The van der Waals surface area contributed by atoms with Gasteiger partial charge in [0.1, 0.15) is 0 Å². The van der Waals surface area contributed by atoms with Crippen LogP contribution >= 0.6 is 22.6 Å². The first-order valence-electron chi connectivity index (χ1n) is 5.51. The summed E-state index contributed by atoms with van der Waals surface area (Å²) < 4.78 is 1.30. The number of hydrogen-bond donors (Lipinski definition) is 1. The first-order valence-corrected chi connectivity index (χ1v) is 6.59. The van der Waals surface area contributed by atoms with Crippen molar-refractivity contribution in [2.24, 2.45) is 5.92 Å². The van der Waals surface area contributed by atoms with Crippen LogP contribution in [0.15, 0.2) is 18.2 Å². The lowest BCUT2D eigenvalue weighted by atomic mass is 10.0. The summed E-state index contributed by atoms with van der Waals surface area (Å²) in [5, 5.41) is 3.57. The van der Waals surface area contributed by atoms with Crippen molar-refractivity contribution in [3.8, 4) is 0 Å². The Hall–Kier alpha value is -0.250. The maximum atomic E-state index is 3.57. The molecule has 15 heavy (non-hydrogen) atoms. The zero-order valence-electron chi connectivity index (χ0n) is 9.97. The van der Waals surface area contributed by atoms with Gasteiger partial charge in [-0.25, -0.2) is 0 Å². The van der Waals surface area contributed by atoms with Crippen molar-refractivity contribution in [2.45, 2.75) is 40.2 Å². The molecule has 1 aromatic carbocycles. The molecule has 1 nitrogen and oxygen atoms in total. The van der Waals surface area contributed by atoms with Gasteiger partial charge in [0.2, 0.25) is 0 Å². The minimum Gasteiger partial charge on any atom is -0.382 e. The molecule has 0 spiro atoms. The van der Waals surface area contributed by atoms with Crippen LogP contribution in [0.2, 0.25) is 0 Å². The molecule has 1 atom stereocenters. The molecule has 0 saturated carbocycles. The van der Waals surface area contributed by atoms with Gasteiger partial charge in [-0.2, -0.15) is 0 Å². The lowest BCUT2D eigenvalue weighted by molar-refractivity contribution is 0.539. The van der Waals surface area contributed by atoms with Crippen molar-refractivity contribution in [3.05, 3.63) is 27.3 Å². The molecular weight excluding hydrogens is 297 g/mol. The number of aryl methyl sites for hydroxylation is 1. The Bertz CT molecular complexity index is 320. The second-order valence-electron chi connectivity index (χ2n) is 4.63. The van der Waals surface area contributed by atoms with Gasteiger partial charge in [-0.15, -0.1) is 0 Å². The summed E-state index contributed by atoms with van der Waals surface area (Å²) in [5.41, 5.74) is 2.60. The average molecular weight is 317 g/mol. The van der Waals surface area contributed by atoms with Crippen molar-refractivity contribution in [2.75, 3.05) is 5.32 Å². The standard InChI is InChI=1S/C13H20IN/c1-9(2)7-11(4)15-13-6-5-12(14)8-10(13)3/h5-6,8-9,11,15H,7H2,1-4H3. The zero-order chi connectivity index (χ0) is 11.4. The second-order valence-corrected chi connectivity index (χ2v) is 5.88. The molecule has 0 heterocycles. The van der Waals surface area contributed by atoms with Crippen LogP contribution in [0.3, 0.4) is 0 Å². The van der Waals surface area contributed by atoms with Gasteiger partial charge in [0.05, 0.1) is 0 Å². The van der Waals surface area contributed by atoms with Crippen molar-refractivity contribution >= 4 is 28.3 Å². The quantitative estimate of drug-likeness (QED) is 0.809. The Balaban J connectivity index is 2.64. The maximum Gasteiger partial charge on any atom is 0.0372 e. The van der Waals surface area contributed by atoms with Gasteiger partial charge in [-0.1, -0.05) is 13.8 Å². The van der Waals surface area contributed by atoms with E-state index >= 15 is 0 Å². The predicted molar refractivity (Wildman–Crippen MR) is 76.4 cm³/mol. The number of benzene rings is 1. The molecule has 0 saturated heterocycles. The number of rotatable bonds is 4. The van der Waals surface area contributed by atoms with Crippen LogP contribution < -0.4 is 5.32 Å². The Morgan fingerprint density at radius 3 is 2.47 bits per heavy atom. The summed E-state index contributed by atoms with van der Waals surface area (Å²) in [7, 11) is 0. The summed E-state index contributed by atoms with van der Waals surface area (Å²) >= 11 is 2.35. The van der Waals surface area contributed by atoms with E-state index in [4.69, 9.17) is 0 Å². The van der Waals surface area contributed by atoms with E-state index in [0.717, 1.165) is 5.92 Å². The van der Waals surface area contributed by atoms with Gasteiger partial charge in [-0.05, 0) is 72.5 Å². The van der Waals surface area contributed by atoms with Gasteiger partial charge < -0.3 is 5.32 Å². The second kappa shape index (κ2) is 5.73. The van der Waals surface area contributed by atoms with Crippen LogP contribution in [0.5, 0.6) is 0 Å². The minimum absolute atomic E-state index is 0.545. The molecule has 0 aliphatic heterocycles. The smallest absolute Gasteiger partial charge is 0.0372 e. The van der Waals surface area contributed by atoms with Crippen LogP contribution in [0.25, 0.3) is 0 Å². The van der Waals surface area contributed by atoms with Gasteiger partial charge in [-0.3, -0.25) is 0 Å². The third kappa shape index (κ3) is 4.41. The number of halogens is 1. The van der Waals surface area contributed by atoms with E-state index in [2.05, 4.69) is 73.8 Å². The van der Waals surface area contributed by atoms with E-state index in [1.807, 2.05) is 0 Å². The monoisotopic (exact) mass is 317 g/mol. The molecule has 2 heteroatoms. The van der Waals surface area contributed by atoms with E-state index < -0.39 is 0 Å². The van der Waals surface area contributed by atoms with Crippen LogP contribution in [-0.2, 0) is 0 Å². The average Bonchev–Trinajstić information content (AvgIpc) is 2.08. The summed E-state index contributed by atoms with van der Waals surface area (Å²) in [6.07, 6.45) is 1.21. The Labute approximate surface area is 107 Å². The Kier molecular flexibility index (Phi) is 4.90. The highest BCUT2D eigenvalue weighted by Gasteiger charge is 2.06. The first-order chi connectivity index (χ1) is 6.99. The van der Waals surface area contributed by atoms with Crippen molar-refractivity contribution in [3.63, 3.8) is 0 Å². The van der Waals surface area contributed by atoms with Crippen LogP contribution in [0.1, 0.15) is 32.8 Å². The zero-order valence-corrected chi connectivity index (χ0v) is 12.1. The third-order valence-electron chi connectivity index (χ3n) is 2.42. The van der Waals surface area contributed by atoms with E-state index in [0.29, 0.717) is 6.04 Å². The van der Waals surface area contributed by atoms with Crippen LogP contribution in [0, 0.1) is 16.4 Å². The van der Waals surface area contributed by atoms with E-state index in [1.165, 1.54) is 21.2 Å². The van der Waals surface area contributed by atoms with Crippen molar-refractivity contribution < 1.29 is 0 Å². The fraction of sp³-hybridized carbons (Fsp3) is 0.538. The summed E-state index contributed by atoms with van der Waals surface area (Å²) in [6, 6.07) is 7.08. The third-order valence-corrected chi connectivity index (χ3v) is 3.09. The fourth-order valence-corrected chi connectivity index (χ4v) is 2.47. The van der Waals surface area contributed by atoms with Gasteiger partial charge in [0.25, 0.3) is 0 Å². The molecule has 0 amide bonds. The van der Waals surface area contributed by atoms with Gasteiger partial charge in [0, 0.05) is 15.3 Å². The highest BCUT2D eigenvalue weighted by atomic mass is 127. The summed E-state index contributed by atoms with van der Waals surface area (Å²) in [4.78, 5) is 0. The minimum atomic E-state index is 0.545.